The van der Waals surface area contributed by atoms with Crippen LogP contribution in [0, 0.1) is 30.1 Å². The van der Waals surface area contributed by atoms with E-state index in [2.05, 4.69) is 11.4 Å². The van der Waals surface area contributed by atoms with Crippen molar-refractivity contribution in [2.24, 2.45) is 11.8 Å². The summed E-state index contributed by atoms with van der Waals surface area (Å²) in [6, 6.07) is 7.37. The third-order valence-corrected chi connectivity index (χ3v) is 9.81. The highest BCUT2D eigenvalue weighted by Crippen LogP contribution is 2.35. The predicted molar refractivity (Wildman–Crippen MR) is 130 cm³/mol. The zero-order valence-corrected chi connectivity index (χ0v) is 21.2. The molecule has 0 aromatic heterocycles. The van der Waals surface area contributed by atoms with E-state index in [0.29, 0.717) is 44.5 Å². The van der Waals surface area contributed by atoms with Crippen molar-refractivity contribution in [3.8, 4) is 11.8 Å². The molecule has 2 heterocycles. The lowest BCUT2D eigenvalue weighted by Crippen LogP contribution is -2.54. The highest BCUT2D eigenvalue weighted by atomic mass is 32.2. The molecule has 35 heavy (non-hydrogen) atoms. The number of nitrogens with zero attached hydrogens (tertiary/aromatic N) is 3. The number of amides is 2. The Morgan fingerprint density at radius 3 is 2.69 bits per heavy atom. The molecule has 1 saturated carbocycles. The van der Waals surface area contributed by atoms with Crippen molar-refractivity contribution in [2.75, 3.05) is 26.7 Å². The van der Waals surface area contributed by atoms with Crippen LogP contribution in [0.1, 0.15) is 49.7 Å². The lowest BCUT2D eigenvalue weighted by Gasteiger charge is -2.39. The number of benzene rings is 1. The molecule has 2 aliphatic heterocycles. The minimum absolute atomic E-state index is 0.117. The SMILES string of the molecule is COc1cc(C)ccc1CNC(=O)[C@H]1CCCN1C(=O)[C@H]1CCCC(S(=O)(=O)N2CC(C#N)C2)C1. The molecule has 1 aromatic rings. The minimum Gasteiger partial charge on any atom is -0.496 e. The number of hydrogen-bond acceptors (Lipinski definition) is 6. The topological polar surface area (TPSA) is 120 Å². The number of nitrogens with one attached hydrogen (secondary N) is 1. The van der Waals surface area contributed by atoms with Crippen molar-refractivity contribution in [2.45, 2.75) is 63.3 Å². The summed E-state index contributed by atoms with van der Waals surface area (Å²) >= 11 is 0. The van der Waals surface area contributed by atoms with Gasteiger partial charge in [-0.3, -0.25) is 9.59 Å². The summed E-state index contributed by atoms with van der Waals surface area (Å²) in [7, 11) is -1.92. The van der Waals surface area contributed by atoms with Gasteiger partial charge in [0, 0.05) is 37.7 Å². The van der Waals surface area contributed by atoms with E-state index >= 15 is 0 Å². The highest BCUT2D eigenvalue weighted by Gasteiger charge is 2.45. The van der Waals surface area contributed by atoms with Crippen LogP contribution < -0.4 is 10.1 Å². The van der Waals surface area contributed by atoms with Gasteiger partial charge in [-0.2, -0.15) is 9.57 Å². The van der Waals surface area contributed by atoms with E-state index in [1.807, 2.05) is 25.1 Å². The zero-order chi connectivity index (χ0) is 25.2. The molecular weight excluding hydrogens is 468 g/mol. The molecule has 10 heteroatoms. The van der Waals surface area contributed by atoms with Gasteiger partial charge in [0.05, 0.1) is 24.3 Å². The van der Waals surface area contributed by atoms with E-state index < -0.39 is 27.2 Å². The second kappa shape index (κ2) is 10.5. The molecule has 1 unspecified atom stereocenters. The average molecular weight is 503 g/mol. The monoisotopic (exact) mass is 502 g/mol. The van der Waals surface area contributed by atoms with Crippen LogP contribution in [0.15, 0.2) is 18.2 Å². The number of methoxy groups -OCH3 is 1. The molecule has 4 rings (SSSR count). The smallest absolute Gasteiger partial charge is 0.243 e. The van der Waals surface area contributed by atoms with Crippen LogP contribution in [0.25, 0.3) is 0 Å². The average Bonchev–Trinajstić information content (AvgIpc) is 3.32. The summed E-state index contributed by atoms with van der Waals surface area (Å²) in [5.74, 6) is -0.241. The number of rotatable bonds is 7. The van der Waals surface area contributed by atoms with E-state index in [-0.39, 0.29) is 37.2 Å². The summed E-state index contributed by atoms with van der Waals surface area (Å²) in [5, 5.41) is 11.3. The van der Waals surface area contributed by atoms with Crippen molar-refractivity contribution in [3.05, 3.63) is 29.3 Å². The van der Waals surface area contributed by atoms with E-state index in [1.165, 1.54) is 4.31 Å². The minimum atomic E-state index is -3.52. The van der Waals surface area contributed by atoms with Gasteiger partial charge in [0.2, 0.25) is 21.8 Å². The Morgan fingerprint density at radius 1 is 1.20 bits per heavy atom. The molecule has 3 aliphatic rings. The van der Waals surface area contributed by atoms with Gasteiger partial charge in [0.25, 0.3) is 0 Å². The first kappa shape index (κ1) is 25.5. The van der Waals surface area contributed by atoms with E-state index in [4.69, 9.17) is 10.00 Å². The molecule has 2 saturated heterocycles. The Kier molecular flexibility index (Phi) is 7.67. The molecule has 0 spiro atoms. The first-order chi connectivity index (χ1) is 16.7. The predicted octanol–water partition coefficient (Wildman–Crippen LogP) is 1.95. The third kappa shape index (κ3) is 5.31. The highest BCUT2D eigenvalue weighted by molar-refractivity contribution is 7.89. The lowest BCUT2D eigenvalue weighted by atomic mass is 9.87. The Bertz CT molecular complexity index is 1110. The maximum absolute atomic E-state index is 13.4. The van der Waals surface area contributed by atoms with Gasteiger partial charge < -0.3 is 15.0 Å². The quantitative estimate of drug-likeness (QED) is 0.609. The molecule has 190 valence electrons. The second-order valence-corrected chi connectivity index (χ2v) is 12.1. The summed E-state index contributed by atoms with van der Waals surface area (Å²) in [5.41, 5.74) is 1.93. The second-order valence-electron chi connectivity index (χ2n) is 9.90. The number of likely N-dealkylation sites (tertiary alicyclic amines) is 1. The van der Waals surface area contributed by atoms with Crippen LogP contribution >= 0.6 is 0 Å². The lowest BCUT2D eigenvalue weighted by molar-refractivity contribution is -0.142. The molecule has 9 nitrogen and oxygen atoms in total. The fourth-order valence-corrected chi connectivity index (χ4v) is 7.55. The van der Waals surface area contributed by atoms with Crippen molar-refractivity contribution in [1.82, 2.24) is 14.5 Å². The summed E-state index contributed by atoms with van der Waals surface area (Å²) in [6.45, 7) is 3.28. The molecule has 1 aliphatic carbocycles. The number of hydrogen-bond donors (Lipinski definition) is 1. The van der Waals surface area contributed by atoms with Crippen LogP contribution in [0.4, 0.5) is 0 Å². The number of sulfonamides is 1. The fraction of sp³-hybridized carbons (Fsp3) is 0.640. The van der Waals surface area contributed by atoms with Crippen LogP contribution in [0.2, 0.25) is 0 Å². The third-order valence-electron chi connectivity index (χ3n) is 7.52. The van der Waals surface area contributed by atoms with Crippen LogP contribution in [-0.4, -0.2) is 67.5 Å². The van der Waals surface area contributed by atoms with Gasteiger partial charge in [0.1, 0.15) is 11.8 Å². The van der Waals surface area contributed by atoms with E-state index in [0.717, 1.165) is 17.5 Å². The molecule has 3 atom stereocenters. The number of ether oxygens (including phenoxy) is 1. The fourth-order valence-electron chi connectivity index (χ4n) is 5.41. The summed E-state index contributed by atoms with van der Waals surface area (Å²) in [4.78, 5) is 28.1. The van der Waals surface area contributed by atoms with Crippen LogP contribution in [-0.2, 0) is 26.2 Å². The number of nitriles is 1. The van der Waals surface area contributed by atoms with Crippen molar-refractivity contribution < 1.29 is 22.7 Å². The molecule has 1 N–H and O–H groups in total. The molecule has 2 amide bonds. The normalized spacial score (nSPS) is 25.5. The van der Waals surface area contributed by atoms with Gasteiger partial charge in [-0.05, 0) is 50.7 Å². The Balaban J connectivity index is 1.37. The number of carbonyl (C=O) groups is 2. The van der Waals surface area contributed by atoms with Crippen molar-refractivity contribution in [1.29, 1.82) is 5.26 Å². The largest absolute Gasteiger partial charge is 0.496 e. The summed E-state index contributed by atoms with van der Waals surface area (Å²) < 4.78 is 32.8. The first-order valence-electron chi connectivity index (χ1n) is 12.3. The van der Waals surface area contributed by atoms with Crippen LogP contribution in [0.5, 0.6) is 5.75 Å². The van der Waals surface area contributed by atoms with Crippen LogP contribution in [0.3, 0.4) is 0 Å². The van der Waals surface area contributed by atoms with Gasteiger partial charge in [-0.1, -0.05) is 18.6 Å². The Hall–Kier alpha value is -2.64. The zero-order valence-electron chi connectivity index (χ0n) is 20.4. The Morgan fingerprint density at radius 2 is 1.97 bits per heavy atom. The standard InChI is InChI=1S/C25H34N4O5S/c1-17-8-9-20(23(11-17)34-2)14-27-24(30)22-7-4-10-29(22)25(31)19-5-3-6-21(12-19)35(32,33)28-15-18(13-26)16-28/h8-9,11,18-19,21-22H,3-7,10,12,14-16H2,1-2H3,(H,27,30)/t19-,21?,22+/m0/s1. The van der Waals surface area contributed by atoms with E-state index in [9.17, 15) is 18.0 Å². The molecule has 1 aromatic carbocycles. The van der Waals surface area contributed by atoms with Gasteiger partial charge in [-0.15, -0.1) is 0 Å². The number of carbonyl (C=O) groups excluding carboxylic acids is 2. The maximum atomic E-state index is 13.4. The van der Waals surface area contributed by atoms with Crippen molar-refractivity contribution in [3.63, 3.8) is 0 Å². The Labute approximate surface area is 207 Å². The molecular formula is C25H34N4O5S. The maximum Gasteiger partial charge on any atom is 0.243 e. The van der Waals surface area contributed by atoms with Crippen molar-refractivity contribution >= 4 is 21.8 Å². The van der Waals surface area contributed by atoms with E-state index in [1.54, 1.807) is 12.0 Å². The van der Waals surface area contributed by atoms with Gasteiger partial charge in [0.15, 0.2) is 0 Å². The summed E-state index contributed by atoms with van der Waals surface area (Å²) in [6.07, 6.45) is 3.45. The molecule has 3 fully saturated rings. The number of aryl methyl sites for hydroxylation is 1. The first-order valence-corrected chi connectivity index (χ1v) is 13.8. The molecule has 0 radical (unpaired) electrons. The van der Waals surface area contributed by atoms with Gasteiger partial charge in [-0.25, -0.2) is 8.42 Å². The van der Waals surface area contributed by atoms with Gasteiger partial charge >= 0.3 is 0 Å². The molecule has 0 bridgehead atoms.